The van der Waals surface area contributed by atoms with Crippen LogP contribution in [0.1, 0.15) is 5.56 Å². The Labute approximate surface area is 209 Å². The van der Waals surface area contributed by atoms with Gasteiger partial charge >= 0.3 is 0 Å². The van der Waals surface area contributed by atoms with E-state index in [0.29, 0.717) is 17.2 Å². The van der Waals surface area contributed by atoms with Gasteiger partial charge in [-0.05, 0) is 49.4 Å². The van der Waals surface area contributed by atoms with E-state index in [0.717, 1.165) is 9.87 Å². The van der Waals surface area contributed by atoms with Gasteiger partial charge in [-0.25, -0.2) is 8.42 Å². The number of halogens is 1. The molecule has 0 radical (unpaired) electrons. The molecule has 1 aliphatic rings. The molecule has 3 aromatic rings. The third-order valence-corrected chi connectivity index (χ3v) is 7.50. The molecule has 1 aliphatic heterocycles. The minimum absolute atomic E-state index is 0.0588. The number of carbonyl (C=O) groups is 1. The van der Waals surface area contributed by atoms with Crippen molar-refractivity contribution >= 4 is 33.2 Å². The molecule has 1 atom stereocenters. The summed E-state index contributed by atoms with van der Waals surface area (Å²) >= 11 is 6.25. The Balaban J connectivity index is 1.53. The van der Waals surface area contributed by atoms with E-state index in [1.54, 1.807) is 36.4 Å². The number of carbonyl (C=O) groups excluding carboxylic acids is 1. The lowest BCUT2D eigenvalue weighted by molar-refractivity contribution is -0.120. The van der Waals surface area contributed by atoms with E-state index < -0.39 is 28.6 Å². The minimum Gasteiger partial charge on any atom is -0.495 e. The van der Waals surface area contributed by atoms with Gasteiger partial charge in [0.15, 0.2) is 11.5 Å². The summed E-state index contributed by atoms with van der Waals surface area (Å²) < 4.78 is 44.7. The van der Waals surface area contributed by atoms with Crippen LogP contribution in [0, 0.1) is 6.92 Å². The Kier molecular flexibility index (Phi) is 7.37. The highest BCUT2D eigenvalue weighted by Crippen LogP contribution is 2.32. The molecular weight excluding hydrogens is 492 g/mol. The number of hydrogen-bond donors (Lipinski definition) is 1. The highest BCUT2D eigenvalue weighted by Gasteiger charge is 2.28. The number of anilines is 1. The van der Waals surface area contributed by atoms with E-state index >= 15 is 0 Å². The summed E-state index contributed by atoms with van der Waals surface area (Å²) in [4.78, 5) is 12.9. The fourth-order valence-corrected chi connectivity index (χ4v) is 5.21. The van der Waals surface area contributed by atoms with Crippen molar-refractivity contribution in [3.8, 4) is 17.2 Å². The third kappa shape index (κ3) is 5.63. The van der Waals surface area contributed by atoms with Crippen molar-refractivity contribution in [2.24, 2.45) is 0 Å². The Morgan fingerprint density at radius 3 is 2.51 bits per heavy atom. The van der Waals surface area contributed by atoms with Gasteiger partial charge in [0, 0.05) is 0 Å². The van der Waals surface area contributed by atoms with E-state index in [4.69, 9.17) is 25.8 Å². The predicted octanol–water partition coefficient (Wildman–Crippen LogP) is 3.81. The molecule has 3 aromatic carbocycles. The van der Waals surface area contributed by atoms with Crippen LogP contribution in [0.4, 0.5) is 5.69 Å². The van der Waals surface area contributed by atoms with Crippen LogP contribution in [0.15, 0.2) is 71.6 Å². The van der Waals surface area contributed by atoms with Crippen LogP contribution in [0.3, 0.4) is 0 Å². The second-order valence-corrected chi connectivity index (χ2v) is 10.2. The number of benzene rings is 3. The number of ether oxygens (including phenoxy) is 3. The van der Waals surface area contributed by atoms with Crippen LogP contribution in [0.5, 0.6) is 17.2 Å². The Bertz CT molecular complexity index is 1310. The number of rotatable bonds is 8. The lowest BCUT2D eigenvalue weighted by Gasteiger charge is -2.27. The van der Waals surface area contributed by atoms with E-state index in [9.17, 15) is 13.2 Å². The Hall–Kier alpha value is -3.43. The molecule has 8 nitrogen and oxygen atoms in total. The molecule has 184 valence electrons. The maximum atomic E-state index is 13.5. The number of hydrogen-bond acceptors (Lipinski definition) is 6. The van der Waals surface area contributed by atoms with Gasteiger partial charge in [0.1, 0.15) is 25.0 Å². The van der Waals surface area contributed by atoms with Gasteiger partial charge in [0.05, 0.1) is 29.3 Å². The lowest BCUT2D eigenvalue weighted by atomic mass is 10.2. The second kappa shape index (κ2) is 10.5. The number of para-hydroxylation sites is 2. The zero-order valence-electron chi connectivity index (χ0n) is 19.2. The number of aryl methyl sites for hydroxylation is 1. The molecule has 0 saturated carbocycles. The van der Waals surface area contributed by atoms with Crippen molar-refractivity contribution in [2.75, 3.05) is 31.1 Å². The fraction of sp³-hybridized carbons (Fsp3) is 0.240. The van der Waals surface area contributed by atoms with Crippen LogP contribution in [0.2, 0.25) is 5.02 Å². The molecule has 0 fully saturated rings. The number of nitrogens with one attached hydrogen (secondary N) is 1. The van der Waals surface area contributed by atoms with Gasteiger partial charge < -0.3 is 19.5 Å². The van der Waals surface area contributed by atoms with E-state index in [2.05, 4.69) is 5.32 Å². The molecule has 0 bridgehead atoms. The first-order valence-corrected chi connectivity index (χ1v) is 12.7. The first kappa shape index (κ1) is 24.7. The summed E-state index contributed by atoms with van der Waals surface area (Å²) in [6.07, 6.45) is -0.411. The molecule has 4 rings (SSSR count). The maximum Gasteiger partial charge on any atom is 0.264 e. The molecule has 0 unspecified atom stereocenters. The molecule has 1 heterocycles. The first-order chi connectivity index (χ1) is 16.8. The molecule has 10 heteroatoms. The quantitative estimate of drug-likeness (QED) is 0.489. The van der Waals surface area contributed by atoms with Gasteiger partial charge in [0.2, 0.25) is 5.91 Å². The van der Waals surface area contributed by atoms with Crippen LogP contribution >= 0.6 is 11.6 Å². The summed E-state index contributed by atoms with van der Waals surface area (Å²) in [5, 5.41) is 2.97. The zero-order chi connectivity index (χ0) is 25.0. The normalized spacial score (nSPS) is 14.8. The Morgan fingerprint density at radius 1 is 1.11 bits per heavy atom. The maximum absolute atomic E-state index is 13.5. The third-order valence-electron chi connectivity index (χ3n) is 5.41. The predicted molar refractivity (Wildman–Crippen MR) is 133 cm³/mol. The van der Waals surface area contributed by atoms with Crippen LogP contribution < -0.4 is 23.8 Å². The standard InChI is InChI=1S/C25H25ClN2O6S/c1-17-7-10-20(11-8-17)35(30,31)28(18-9-12-22(32-2)21(26)13-18)15-25(29)27-14-19-16-33-23-5-3-4-6-24(23)34-19/h3-13,19H,14-16H2,1-2H3,(H,27,29)/t19-/m1/s1. The number of amides is 1. The summed E-state index contributed by atoms with van der Waals surface area (Å²) in [5.41, 5.74) is 1.15. The van der Waals surface area contributed by atoms with E-state index in [1.165, 1.54) is 25.3 Å². The molecule has 35 heavy (non-hydrogen) atoms. The summed E-state index contributed by atoms with van der Waals surface area (Å²) in [5.74, 6) is 1.12. The zero-order valence-corrected chi connectivity index (χ0v) is 20.8. The van der Waals surface area contributed by atoms with Gasteiger partial charge in [0.25, 0.3) is 10.0 Å². The van der Waals surface area contributed by atoms with Crippen LogP contribution in [0.25, 0.3) is 0 Å². The molecule has 1 N–H and O–H groups in total. The monoisotopic (exact) mass is 516 g/mol. The van der Waals surface area contributed by atoms with Gasteiger partial charge in [-0.3, -0.25) is 9.10 Å². The van der Waals surface area contributed by atoms with Crippen molar-refractivity contribution in [3.63, 3.8) is 0 Å². The smallest absolute Gasteiger partial charge is 0.264 e. The van der Waals surface area contributed by atoms with Gasteiger partial charge in [-0.15, -0.1) is 0 Å². The number of methoxy groups -OCH3 is 1. The van der Waals surface area contributed by atoms with Crippen molar-refractivity contribution in [1.29, 1.82) is 0 Å². The largest absolute Gasteiger partial charge is 0.495 e. The summed E-state index contributed by atoms with van der Waals surface area (Å²) in [6, 6.07) is 18.2. The van der Waals surface area contributed by atoms with Gasteiger partial charge in [-0.1, -0.05) is 41.4 Å². The van der Waals surface area contributed by atoms with E-state index in [-0.39, 0.29) is 28.8 Å². The molecule has 1 amide bonds. The molecule has 0 saturated heterocycles. The lowest BCUT2D eigenvalue weighted by Crippen LogP contribution is -2.45. The van der Waals surface area contributed by atoms with E-state index in [1.807, 2.05) is 19.1 Å². The minimum atomic E-state index is -4.07. The average Bonchev–Trinajstić information content (AvgIpc) is 2.86. The first-order valence-electron chi connectivity index (χ1n) is 10.9. The SMILES string of the molecule is COc1ccc(N(CC(=O)NC[C@@H]2COc3ccccc3O2)S(=O)(=O)c2ccc(C)cc2)cc1Cl. The summed E-state index contributed by atoms with van der Waals surface area (Å²) in [7, 11) is -2.61. The van der Waals surface area contributed by atoms with Gasteiger partial charge in [-0.2, -0.15) is 0 Å². The van der Waals surface area contributed by atoms with Crippen molar-refractivity contribution < 1.29 is 27.4 Å². The highest BCUT2D eigenvalue weighted by atomic mass is 35.5. The topological polar surface area (TPSA) is 94.2 Å². The fourth-order valence-electron chi connectivity index (χ4n) is 3.54. The van der Waals surface area contributed by atoms with Crippen molar-refractivity contribution in [3.05, 3.63) is 77.3 Å². The van der Waals surface area contributed by atoms with Crippen LogP contribution in [-0.4, -0.2) is 47.2 Å². The summed E-state index contributed by atoms with van der Waals surface area (Å²) in [6.45, 7) is 1.81. The van der Waals surface area contributed by atoms with Crippen LogP contribution in [-0.2, 0) is 14.8 Å². The van der Waals surface area contributed by atoms with Crippen molar-refractivity contribution in [1.82, 2.24) is 5.32 Å². The number of nitrogens with zero attached hydrogens (tertiary/aromatic N) is 1. The Morgan fingerprint density at radius 2 is 1.83 bits per heavy atom. The molecular formula is C25H25ClN2O6S. The molecule has 0 aliphatic carbocycles. The molecule has 0 aromatic heterocycles. The number of sulfonamides is 1. The average molecular weight is 517 g/mol. The highest BCUT2D eigenvalue weighted by molar-refractivity contribution is 7.92. The number of fused-ring (bicyclic) bond motifs is 1. The molecule has 0 spiro atoms. The second-order valence-electron chi connectivity index (χ2n) is 7.95. The van der Waals surface area contributed by atoms with Crippen molar-refractivity contribution in [2.45, 2.75) is 17.9 Å².